The summed E-state index contributed by atoms with van der Waals surface area (Å²) in [6, 6.07) is 7.46. The molecule has 1 saturated heterocycles. The molecule has 1 aromatic rings. The molecule has 2 rings (SSSR count). The third-order valence-electron chi connectivity index (χ3n) is 3.23. The van der Waals surface area contributed by atoms with Crippen LogP contribution in [0.5, 0.6) is 5.75 Å². The maximum Gasteiger partial charge on any atom is 0.404 e. The lowest BCUT2D eigenvalue weighted by Gasteiger charge is -2.21. The van der Waals surface area contributed by atoms with E-state index in [1.54, 1.807) is 7.11 Å². The van der Waals surface area contributed by atoms with Crippen LogP contribution in [0.2, 0.25) is 0 Å². The monoisotopic (exact) mass is 266 g/mol. The topological polar surface area (TPSA) is 93.8 Å². The normalized spacial score (nSPS) is 26.1. The maximum atomic E-state index is 10.8. The van der Waals surface area contributed by atoms with Crippen LogP contribution in [-0.4, -0.2) is 43.1 Å². The molecule has 104 valence electrons. The zero-order chi connectivity index (χ0) is 13.8. The fraction of sp³-hybridized carbons (Fsp3) is 0.462. The van der Waals surface area contributed by atoms with Gasteiger partial charge < -0.3 is 25.6 Å². The number of nitrogens with two attached hydrogens (primary N) is 1. The highest BCUT2D eigenvalue weighted by Gasteiger charge is 2.37. The minimum Gasteiger partial charge on any atom is -0.497 e. The van der Waals surface area contributed by atoms with E-state index < -0.39 is 18.3 Å². The van der Waals surface area contributed by atoms with Crippen molar-refractivity contribution < 1.29 is 19.4 Å². The van der Waals surface area contributed by atoms with Crippen LogP contribution < -0.4 is 15.8 Å². The van der Waals surface area contributed by atoms with Crippen LogP contribution in [0.25, 0.3) is 0 Å². The van der Waals surface area contributed by atoms with E-state index in [2.05, 4.69) is 5.32 Å². The second kappa shape index (κ2) is 5.90. The average molecular weight is 266 g/mol. The Morgan fingerprint density at radius 2 is 2.16 bits per heavy atom. The Labute approximate surface area is 111 Å². The molecule has 19 heavy (non-hydrogen) atoms. The Kier molecular flexibility index (Phi) is 4.24. The van der Waals surface area contributed by atoms with Gasteiger partial charge in [0.25, 0.3) is 0 Å². The maximum absolute atomic E-state index is 10.8. The molecule has 0 radical (unpaired) electrons. The first kappa shape index (κ1) is 13.6. The van der Waals surface area contributed by atoms with Gasteiger partial charge in [-0.2, -0.15) is 0 Å². The molecule has 1 aliphatic heterocycles. The van der Waals surface area contributed by atoms with Crippen molar-refractivity contribution in [2.24, 2.45) is 5.73 Å². The number of carbonyl (C=O) groups is 1. The molecule has 0 saturated carbocycles. The van der Waals surface area contributed by atoms with Crippen molar-refractivity contribution in [1.29, 1.82) is 0 Å². The molecule has 0 unspecified atom stereocenters. The van der Waals surface area contributed by atoms with Crippen molar-refractivity contribution in [3.8, 4) is 5.75 Å². The van der Waals surface area contributed by atoms with E-state index in [9.17, 15) is 9.90 Å². The van der Waals surface area contributed by atoms with Gasteiger partial charge in [-0.25, -0.2) is 4.79 Å². The van der Waals surface area contributed by atoms with Gasteiger partial charge in [0.2, 0.25) is 0 Å². The number of β-amino-alcohol motifs (C(OH)–C–C–N with tert-alkyl or cyclic N) is 1. The van der Waals surface area contributed by atoms with Gasteiger partial charge in [0.1, 0.15) is 18.0 Å². The zero-order valence-electron chi connectivity index (χ0n) is 10.7. The van der Waals surface area contributed by atoms with E-state index in [-0.39, 0.29) is 6.04 Å². The van der Waals surface area contributed by atoms with Gasteiger partial charge in [0, 0.05) is 6.54 Å². The molecule has 1 aromatic carbocycles. The number of aliphatic hydroxyl groups is 1. The minimum absolute atomic E-state index is 0.143. The van der Waals surface area contributed by atoms with Crippen LogP contribution in [0.15, 0.2) is 24.3 Å². The molecule has 1 amide bonds. The van der Waals surface area contributed by atoms with Gasteiger partial charge in [-0.3, -0.25) is 0 Å². The van der Waals surface area contributed by atoms with Gasteiger partial charge >= 0.3 is 6.09 Å². The summed E-state index contributed by atoms with van der Waals surface area (Å²) in [7, 11) is 1.61. The Balaban J connectivity index is 2.02. The summed E-state index contributed by atoms with van der Waals surface area (Å²) in [6.07, 6.45) is -1.57. The predicted molar refractivity (Wildman–Crippen MR) is 69.0 cm³/mol. The molecular formula is C13H18N2O4. The van der Waals surface area contributed by atoms with Crippen molar-refractivity contribution in [2.45, 2.75) is 24.7 Å². The predicted octanol–water partition coefficient (Wildman–Crippen LogP) is 0.0343. The highest BCUT2D eigenvalue weighted by Crippen LogP contribution is 2.19. The lowest BCUT2D eigenvalue weighted by atomic mass is 10.0. The Morgan fingerprint density at radius 3 is 2.74 bits per heavy atom. The highest BCUT2D eigenvalue weighted by molar-refractivity contribution is 5.65. The molecule has 1 heterocycles. The summed E-state index contributed by atoms with van der Waals surface area (Å²) in [4.78, 5) is 10.8. The van der Waals surface area contributed by atoms with E-state index in [1.165, 1.54) is 0 Å². The van der Waals surface area contributed by atoms with E-state index in [0.29, 0.717) is 13.0 Å². The van der Waals surface area contributed by atoms with Gasteiger partial charge in [0.05, 0.1) is 13.2 Å². The summed E-state index contributed by atoms with van der Waals surface area (Å²) >= 11 is 0. The SMILES string of the molecule is COc1ccc(C[C@@H]2NC[C@@H](O)[C@@H]2OC(N)=O)cc1. The number of ether oxygens (including phenoxy) is 2. The molecule has 1 fully saturated rings. The average Bonchev–Trinajstić information content (AvgIpc) is 2.72. The van der Waals surface area contributed by atoms with Crippen LogP contribution in [0.3, 0.4) is 0 Å². The van der Waals surface area contributed by atoms with Crippen LogP contribution >= 0.6 is 0 Å². The molecule has 0 aliphatic carbocycles. The first-order valence-corrected chi connectivity index (χ1v) is 6.10. The van der Waals surface area contributed by atoms with Gasteiger partial charge in [-0.05, 0) is 24.1 Å². The Bertz CT molecular complexity index is 435. The molecule has 0 aromatic heterocycles. The fourth-order valence-corrected chi connectivity index (χ4v) is 2.27. The molecule has 6 nitrogen and oxygen atoms in total. The summed E-state index contributed by atoms with van der Waals surface area (Å²) in [5, 5.41) is 12.9. The lowest BCUT2D eigenvalue weighted by molar-refractivity contribution is 0.0233. The third kappa shape index (κ3) is 3.36. The number of primary amides is 1. The molecule has 1 aliphatic rings. The standard InChI is InChI=1S/C13H18N2O4/c1-18-9-4-2-8(3-5-9)6-10-12(19-13(14)17)11(16)7-15-10/h2-5,10-12,15-16H,6-7H2,1H3,(H2,14,17)/t10-,11+,12+/m0/s1. The highest BCUT2D eigenvalue weighted by atomic mass is 16.6. The molecular weight excluding hydrogens is 248 g/mol. The first-order valence-electron chi connectivity index (χ1n) is 6.10. The third-order valence-corrected chi connectivity index (χ3v) is 3.23. The quantitative estimate of drug-likeness (QED) is 0.715. The Hall–Kier alpha value is -1.79. The molecule has 3 atom stereocenters. The number of nitrogens with one attached hydrogen (secondary N) is 1. The van der Waals surface area contributed by atoms with Crippen molar-refractivity contribution in [2.75, 3.05) is 13.7 Å². The van der Waals surface area contributed by atoms with Crippen LogP contribution in [0.1, 0.15) is 5.56 Å². The van der Waals surface area contributed by atoms with Crippen molar-refractivity contribution in [1.82, 2.24) is 5.32 Å². The first-order chi connectivity index (χ1) is 9.10. The van der Waals surface area contributed by atoms with Crippen LogP contribution in [-0.2, 0) is 11.2 Å². The summed E-state index contributed by atoms with van der Waals surface area (Å²) in [5.74, 6) is 0.785. The number of carbonyl (C=O) groups excluding carboxylic acids is 1. The van der Waals surface area contributed by atoms with E-state index in [0.717, 1.165) is 11.3 Å². The largest absolute Gasteiger partial charge is 0.497 e. The number of hydrogen-bond donors (Lipinski definition) is 3. The van der Waals surface area contributed by atoms with Crippen molar-refractivity contribution in [3.63, 3.8) is 0 Å². The number of rotatable bonds is 4. The number of aliphatic hydroxyl groups excluding tert-OH is 1. The van der Waals surface area contributed by atoms with Crippen molar-refractivity contribution in [3.05, 3.63) is 29.8 Å². The van der Waals surface area contributed by atoms with E-state index in [4.69, 9.17) is 15.2 Å². The zero-order valence-corrected chi connectivity index (χ0v) is 10.7. The Morgan fingerprint density at radius 1 is 1.47 bits per heavy atom. The smallest absolute Gasteiger partial charge is 0.404 e. The van der Waals surface area contributed by atoms with E-state index >= 15 is 0 Å². The number of methoxy groups -OCH3 is 1. The van der Waals surface area contributed by atoms with Gasteiger partial charge in [-0.1, -0.05) is 12.1 Å². The molecule has 6 heteroatoms. The number of hydrogen-bond acceptors (Lipinski definition) is 5. The molecule has 0 spiro atoms. The summed E-state index contributed by atoms with van der Waals surface area (Å²) in [6.45, 7) is 0.388. The number of benzene rings is 1. The molecule has 4 N–H and O–H groups in total. The second-order valence-electron chi connectivity index (χ2n) is 4.54. The fourth-order valence-electron chi connectivity index (χ4n) is 2.27. The summed E-state index contributed by atoms with van der Waals surface area (Å²) < 4.78 is 10.0. The lowest BCUT2D eigenvalue weighted by Crippen LogP contribution is -2.40. The van der Waals surface area contributed by atoms with E-state index in [1.807, 2.05) is 24.3 Å². The minimum atomic E-state index is -0.868. The van der Waals surface area contributed by atoms with Crippen LogP contribution in [0, 0.1) is 0 Å². The van der Waals surface area contributed by atoms with Crippen molar-refractivity contribution >= 4 is 6.09 Å². The molecule has 0 bridgehead atoms. The second-order valence-corrected chi connectivity index (χ2v) is 4.54. The summed E-state index contributed by atoms with van der Waals surface area (Å²) in [5.41, 5.74) is 6.07. The van der Waals surface area contributed by atoms with Gasteiger partial charge in [-0.15, -0.1) is 0 Å². The van der Waals surface area contributed by atoms with Crippen LogP contribution in [0.4, 0.5) is 4.79 Å². The van der Waals surface area contributed by atoms with Gasteiger partial charge in [0.15, 0.2) is 0 Å². The number of amides is 1.